The first kappa shape index (κ1) is 16.3. The summed E-state index contributed by atoms with van der Waals surface area (Å²) in [5.74, 6) is 1.06. The van der Waals surface area contributed by atoms with Gasteiger partial charge in [-0.3, -0.25) is 4.79 Å². The lowest BCUT2D eigenvalue weighted by Crippen LogP contribution is -2.23. The lowest BCUT2D eigenvalue weighted by molar-refractivity contribution is 0.0942. The fourth-order valence-corrected chi connectivity index (χ4v) is 2.88. The zero-order chi connectivity index (χ0) is 17.3. The van der Waals surface area contributed by atoms with Gasteiger partial charge >= 0.3 is 0 Å². The highest BCUT2D eigenvalue weighted by Gasteiger charge is 2.15. The molecule has 0 aliphatic rings. The largest absolute Gasteiger partial charge is 0.359 e. The Hall–Kier alpha value is -2.56. The molecular weight excluding hydrogens is 302 g/mol. The minimum absolute atomic E-state index is 0.136. The van der Waals surface area contributed by atoms with Crippen molar-refractivity contribution in [1.82, 2.24) is 15.5 Å². The number of H-pyrrole nitrogens is 1. The molecule has 2 heterocycles. The van der Waals surface area contributed by atoms with E-state index in [-0.39, 0.29) is 5.91 Å². The smallest absolute Gasteiger partial charge is 0.268 e. The number of hydrogen-bond acceptors (Lipinski definition) is 3. The molecule has 0 spiro atoms. The Bertz CT molecular complexity index is 874. The van der Waals surface area contributed by atoms with Crippen LogP contribution in [0.5, 0.6) is 0 Å². The summed E-state index contributed by atoms with van der Waals surface area (Å²) >= 11 is 0. The summed E-state index contributed by atoms with van der Waals surface area (Å²) in [7, 11) is 0. The van der Waals surface area contributed by atoms with Crippen molar-refractivity contribution in [3.63, 3.8) is 0 Å². The second kappa shape index (κ2) is 6.51. The number of aromatic nitrogens is 2. The Morgan fingerprint density at radius 1 is 1.29 bits per heavy atom. The molecule has 1 aromatic carbocycles. The van der Waals surface area contributed by atoms with Crippen molar-refractivity contribution >= 4 is 16.8 Å². The molecule has 0 radical (unpaired) electrons. The molecule has 5 heteroatoms. The summed E-state index contributed by atoms with van der Waals surface area (Å²) in [6, 6.07) is 8.03. The van der Waals surface area contributed by atoms with Crippen LogP contribution >= 0.6 is 0 Å². The van der Waals surface area contributed by atoms with Crippen LogP contribution < -0.4 is 5.32 Å². The third-order valence-electron chi connectivity index (χ3n) is 4.09. The summed E-state index contributed by atoms with van der Waals surface area (Å²) < 4.78 is 5.28. The maximum absolute atomic E-state index is 12.5. The molecule has 0 fully saturated rings. The van der Waals surface area contributed by atoms with Crippen molar-refractivity contribution in [2.24, 2.45) is 5.92 Å². The molecule has 2 aromatic heterocycles. The number of rotatable bonds is 5. The maximum Gasteiger partial charge on any atom is 0.268 e. The molecule has 0 saturated carbocycles. The van der Waals surface area contributed by atoms with E-state index in [9.17, 15) is 4.79 Å². The number of aromatic amines is 1. The molecule has 0 aliphatic heterocycles. The topological polar surface area (TPSA) is 70.9 Å². The Kier molecular flexibility index (Phi) is 4.42. The van der Waals surface area contributed by atoms with E-state index in [0.29, 0.717) is 23.9 Å². The number of carbonyl (C=O) groups is 1. The predicted molar refractivity (Wildman–Crippen MR) is 94.0 cm³/mol. The molecule has 3 rings (SSSR count). The van der Waals surface area contributed by atoms with Crippen LogP contribution in [0, 0.1) is 19.8 Å². The average Bonchev–Trinajstić information content (AvgIpc) is 3.09. The predicted octanol–water partition coefficient (Wildman–Crippen LogP) is 3.90. The van der Waals surface area contributed by atoms with E-state index in [1.54, 1.807) is 0 Å². The normalized spacial score (nSPS) is 11.4. The van der Waals surface area contributed by atoms with Gasteiger partial charge in [0.15, 0.2) is 5.76 Å². The molecule has 0 bridgehead atoms. The van der Waals surface area contributed by atoms with Crippen molar-refractivity contribution in [1.29, 1.82) is 0 Å². The van der Waals surface area contributed by atoms with E-state index < -0.39 is 0 Å². The molecule has 2 N–H and O–H groups in total. The van der Waals surface area contributed by atoms with Gasteiger partial charge in [-0.1, -0.05) is 30.6 Å². The second-order valence-electron chi connectivity index (χ2n) is 6.74. The molecule has 0 saturated heterocycles. The Labute approximate surface area is 141 Å². The third kappa shape index (κ3) is 3.35. The van der Waals surface area contributed by atoms with Gasteiger partial charge in [0, 0.05) is 17.0 Å². The zero-order valence-electron chi connectivity index (χ0n) is 14.6. The summed E-state index contributed by atoms with van der Waals surface area (Å²) in [6.07, 6.45) is 0.873. The first-order chi connectivity index (χ1) is 11.4. The quantitative estimate of drug-likeness (QED) is 0.747. The maximum atomic E-state index is 12.5. The van der Waals surface area contributed by atoms with Gasteiger partial charge in [0.25, 0.3) is 5.91 Å². The van der Waals surface area contributed by atoms with Crippen molar-refractivity contribution in [2.45, 2.75) is 40.7 Å². The minimum Gasteiger partial charge on any atom is -0.359 e. The molecule has 24 heavy (non-hydrogen) atoms. The Balaban J connectivity index is 1.71. The Morgan fingerprint density at radius 3 is 2.83 bits per heavy atom. The fraction of sp³-hybridized carbons (Fsp3) is 0.368. The highest BCUT2D eigenvalue weighted by molar-refractivity contribution is 6.00. The number of carbonyl (C=O) groups excluding carboxylic acids is 1. The number of nitrogens with one attached hydrogen (secondary N) is 2. The number of nitrogens with zero attached hydrogens (tertiary/aromatic N) is 1. The van der Waals surface area contributed by atoms with Gasteiger partial charge in [-0.15, -0.1) is 0 Å². The van der Waals surface area contributed by atoms with Crippen molar-refractivity contribution in [2.75, 3.05) is 0 Å². The second-order valence-corrected chi connectivity index (χ2v) is 6.74. The highest BCUT2D eigenvalue weighted by atomic mass is 16.5. The fourth-order valence-electron chi connectivity index (χ4n) is 2.88. The van der Waals surface area contributed by atoms with E-state index >= 15 is 0 Å². The molecule has 3 aromatic rings. The molecule has 126 valence electrons. The SMILES string of the molecule is Cc1ccc2[nH]c(C(=O)NCc3cc(CC(C)C)no3)c(C)c2c1. The molecule has 0 aliphatic carbocycles. The van der Waals surface area contributed by atoms with E-state index in [1.807, 2.05) is 32.0 Å². The van der Waals surface area contributed by atoms with Gasteiger partial charge in [-0.05, 0) is 43.9 Å². The van der Waals surface area contributed by atoms with E-state index in [1.165, 1.54) is 5.56 Å². The summed E-state index contributed by atoms with van der Waals surface area (Å²) in [5.41, 5.74) is 4.63. The monoisotopic (exact) mass is 325 g/mol. The van der Waals surface area contributed by atoms with Gasteiger partial charge in [0.1, 0.15) is 5.69 Å². The van der Waals surface area contributed by atoms with Crippen LogP contribution in [0.25, 0.3) is 10.9 Å². The third-order valence-corrected chi connectivity index (χ3v) is 4.09. The first-order valence-electron chi connectivity index (χ1n) is 8.25. The molecular formula is C19H23N3O2. The van der Waals surface area contributed by atoms with Crippen LogP contribution in [0.4, 0.5) is 0 Å². The molecule has 5 nitrogen and oxygen atoms in total. The van der Waals surface area contributed by atoms with Crippen LogP contribution in [-0.2, 0) is 13.0 Å². The van der Waals surface area contributed by atoms with Gasteiger partial charge < -0.3 is 14.8 Å². The average molecular weight is 325 g/mol. The molecule has 1 amide bonds. The van der Waals surface area contributed by atoms with Crippen LogP contribution in [-0.4, -0.2) is 16.0 Å². The zero-order valence-corrected chi connectivity index (χ0v) is 14.6. The number of hydrogen-bond donors (Lipinski definition) is 2. The lowest BCUT2D eigenvalue weighted by Gasteiger charge is -2.02. The summed E-state index contributed by atoms with van der Waals surface area (Å²) in [5, 5.41) is 8.01. The van der Waals surface area contributed by atoms with Gasteiger partial charge in [-0.2, -0.15) is 0 Å². The van der Waals surface area contributed by atoms with E-state index in [4.69, 9.17) is 4.52 Å². The summed E-state index contributed by atoms with van der Waals surface area (Å²) in [6.45, 7) is 8.61. The van der Waals surface area contributed by atoms with Crippen LogP contribution in [0.15, 0.2) is 28.8 Å². The van der Waals surface area contributed by atoms with E-state index in [0.717, 1.165) is 28.6 Å². The molecule has 0 atom stereocenters. The summed E-state index contributed by atoms with van der Waals surface area (Å²) in [4.78, 5) is 15.7. The first-order valence-corrected chi connectivity index (χ1v) is 8.25. The van der Waals surface area contributed by atoms with Gasteiger partial charge in [0.05, 0.1) is 12.2 Å². The van der Waals surface area contributed by atoms with Crippen LogP contribution in [0.2, 0.25) is 0 Å². The number of fused-ring (bicyclic) bond motifs is 1. The van der Waals surface area contributed by atoms with Crippen molar-refractivity contribution in [3.8, 4) is 0 Å². The Morgan fingerprint density at radius 2 is 2.08 bits per heavy atom. The number of amides is 1. The number of aryl methyl sites for hydroxylation is 2. The molecule has 0 unspecified atom stereocenters. The van der Waals surface area contributed by atoms with Crippen molar-refractivity contribution in [3.05, 3.63) is 52.5 Å². The standard InChI is InChI=1S/C19H23N3O2/c1-11(2)7-14-9-15(24-22-14)10-20-19(23)18-13(4)16-8-12(3)5-6-17(16)21-18/h5-6,8-9,11,21H,7,10H2,1-4H3,(H,20,23). The van der Waals surface area contributed by atoms with Gasteiger partial charge in [-0.25, -0.2) is 0 Å². The van der Waals surface area contributed by atoms with Crippen LogP contribution in [0.3, 0.4) is 0 Å². The highest BCUT2D eigenvalue weighted by Crippen LogP contribution is 2.22. The van der Waals surface area contributed by atoms with E-state index in [2.05, 4.69) is 35.4 Å². The van der Waals surface area contributed by atoms with Crippen LogP contribution in [0.1, 0.15) is 46.9 Å². The minimum atomic E-state index is -0.136. The number of benzene rings is 1. The van der Waals surface area contributed by atoms with Crippen molar-refractivity contribution < 1.29 is 9.32 Å². The van der Waals surface area contributed by atoms with Gasteiger partial charge in [0.2, 0.25) is 0 Å². The lowest BCUT2D eigenvalue weighted by atomic mass is 10.1.